The van der Waals surface area contributed by atoms with Gasteiger partial charge in [0, 0.05) is 19.7 Å². The second-order valence-electron chi connectivity index (χ2n) is 5.18. The molecule has 1 aliphatic rings. The lowest BCUT2D eigenvalue weighted by molar-refractivity contribution is 0.0883. The lowest BCUT2D eigenvalue weighted by Crippen LogP contribution is -2.29. The third kappa shape index (κ3) is 3.87. The molecule has 0 fully saturated rings. The molecule has 20 heavy (non-hydrogen) atoms. The van der Waals surface area contributed by atoms with Gasteiger partial charge in [0.25, 0.3) is 5.91 Å². The van der Waals surface area contributed by atoms with Crippen LogP contribution in [-0.4, -0.2) is 38.8 Å². The molecule has 0 bridgehead atoms. The van der Waals surface area contributed by atoms with Crippen LogP contribution in [0.2, 0.25) is 0 Å². The molecule has 2 N–H and O–H groups in total. The zero-order chi connectivity index (χ0) is 14.4. The van der Waals surface area contributed by atoms with Crippen molar-refractivity contribution in [1.82, 2.24) is 5.32 Å². The Bertz CT molecular complexity index is 460. The van der Waals surface area contributed by atoms with Gasteiger partial charge in [-0.1, -0.05) is 19.9 Å². The molecule has 0 saturated carbocycles. The molecule has 1 aliphatic heterocycles. The van der Waals surface area contributed by atoms with Crippen LogP contribution in [0, 0.1) is 5.92 Å². The van der Waals surface area contributed by atoms with Crippen LogP contribution < -0.4 is 15.4 Å². The predicted molar refractivity (Wildman–Crippen MR) is 78.4 cm³/mol. The van der Waals surface area contributed by atoms with E-state index in [1.807, 2.05) is 12.1 Å². The Kier molecular flexibility index (Phi) is 5.24. The summed E-state index contributed by atoms with van der Waals surface area (Å²) in [4.78, 5) is 12.1. The number of carbonyl (C=O) groups excluding carboxylic acids is 1. The first kappa shape index (κ1) is 14.7. The number of hydrogen-bond donors (Lipinski definition) is 2. The van der Waals surface area contributed by atoms with E-state index in [4.69, 9.17) is 9.47 Å². The Balaban J connectivity index is 1.86. The number of ether oxygens (including phenoxy) is 2. The molecule has 0 atom stereocenters. The number of para-hydroxylation sites is 1. The molecule has 0 aliphatic carbocycles. The van der Waals surface area contributed by atoms with E-state index in [9.17, 15) is 4.79 Å². The largest absolute Gasteiger partial charge is 0.489 e. The highest BCUT2D eigenvalue weighted by molar-refractivity contribution is 5.98. The van der Waals surface area contributed by atoms with Crippen molar-refractivity contribution >= 4 is 11.6 Å². The van der Waals surface area contributed by atoms with Crippen molar-refractivity contribution < 1.29 is 14.3 Å². The highest BCUT2D eigenvalue weighted by Crippen LogP contribution is 2.30. The molecule has 0 saturated heterocycles. The van der Waals surface area contributed by atoms with Gasteiger partial charge in [-0.2, -0.15) is 0 Å². The van der Waals surface area contributed by atoms with Crippen LogP contribution in [0.3, 0.4) is 0 Å². The average molecular weight is 278 g/mol. The van der Waals surface area contributed by atoms with Gasteiger partial charge in [0.1, 0.15) is 6.61 Å². The lowest BCUT2D eigenvalue weighted by Gasteiger charge is -2.21. The average Bonchev–Trinajstić information content (AvgIpc) is 2.45. The topological polar surface area (TPSA) is 59.6 Å². The van der Waals surface area contributed by atoms with Crippen LogP contribution >= 0.6 is 0 Å². The van der Waals surface area contributed by atoms with Crippen molar-refractivity contribution in [2.45, 2.75) is 13.8 Å². The Hall–Kier alpha value is -1.75. The summed E-state index contributed by atoms with van der Waals surface area (Å²) >= 11 is 0. The van der Waals surface area contributed by atoms with E-state index >= 15 is 0 Å². The summed E-state index contributed by atoms with van der Waals surface area (Å²) in [5, 5.41) is 6.07. The second kappa shape index (κ2) is 7.14. The minimum absolute atomic E-state index is 0.126. The van der Waals surface area contributed by atoms with E-state index in [2.05, 4.69) is 24.5 Å². The Morgan fingerprint density at radius 1 is 1.50 bits per heavy atom. The Labute approximate surface area is 119 Å². The minimum Gasteiger partial charge on any atom is -0.489 e. The maximum absolute atomic E-state index is 12.1. The zero-order valence-electron chi connectivity index (χ0n) is 12.1. The monoisotopic (exact) mass is 278 g/mol. The molecule has 5 heteroatoms. The molecule has 1 aromatic rings. The number of carbonyl (C=O) groups is 1. The van der Waals surface area contributed by atoms with Crippen LogP contribution in [0.15, 0.2) is 18.2 Å². The van der Waals surface area contributed by atoms with E-state index < -0.39 is 0 Å². The number of rotatable bonds is 6. The van der Waals surface area contributed by atoms with E-state index in [0.717, 1.165) is 12.2 Å². The maximum atomic E-state index is 12.1. The molecule has 1 amide bonds. The fourth-order valence-electron chi connectivity index (χ4n) is 2.00. The first-order valence-electron chi connectivity index (χ1n) is 7.04. The molecule has 0 unspecified atom stereocenters. The van der Waals surface area contributed by atoms with Gasteiger partial charge >= 0.3 is 0 Å². The second-order valence-corrected chi connectivity index (χ2v) is 5.18. The van der Waals surface area contributed by atoms with Gasteiger partial charge < -0.3 is 20.1 Å². The van der Waals surface area contributed by atoms with Gasteiger partial charge in [-0.3, -0.25) is 4.79 Å². The van der Waals surface area contributed by atoms with Gasteiger partial charge in [-0.05, 0) is 18.1 Å². The molecular formula is C15H22N2O3. The van der Waals surface area contributed by atoms with Crippen LogP contribution in [0.4, 0.5) is 5.69 Å². The third-order valence-electron chi connectivity index (χ3n) is 2.91. The van der Waals surface area contributed by atoms with E-state index in [1.54, 1.807) is 6.07 Å². The molecular weight excluding hydrogens is 256 g/mol. The van der Waals surface area contributed by atoms with Crippen LogP contribution in [-0.2, 0) is 4.74 Å². The Morgan fingerprint density at radius 2 is 2.35 bits per heavy atom. The van der Waals surface area contributed by atoms with E-state index in [0.29, 0.717) is 43.6 Å². The van der Waals surface area contributed by atoms with Crippen molar-refractivity contribution in [3.05, 3.63) is 23.8 Å². The maximum Gasteiger partial charge on any atom is 0.255 e. The molecule has 2 rings (SSSR count). The van der Waals surface area contributed by atoms with Crippen LogP contribution in [0.1, 0.15) is 24.2 Å². The Morgan fingerprint density at radius 3 is 3.15 bits per heavy atom. The van der Waals surface area contributed by atoms with Crippen molar-refractivity contribution in [2.75, 3.05) is 38.2 Å². The van der Waals surface area contributed by atoms with Crippen LogP contribution in [0.25, 0.3) is 0 Å². The zero-order valence-corrected chi connectivity index (χ0v) is 12.1. The van der Waals surface area contributed by atoms with Crippen molar-refractivity contribution in [2.24, 2.45) is 5.92 Å². The quantitative estimate of drug-likeness (QED) is 0.780. The molecule has 1 heterocycles. The van der Waals surface area contributed by atoms with Gasteiger partial charge in [-0.25, -0.2) is 0 Å². The summed E-state index contributed by atoms with van der Waals surface area (Å²) in [5.41, 5.74) is 1.44. The number of nitrogens with one attached hydrogen (secondary N) is 2. The van der Waals surface area contributed by atoms with Gasteiger partial charge in [-0.15, -0.1) is 0 Å². The van der Waals surface area contributed by atoms with Crippen molar-refractivity contribution in [3.63, 3.8) is 0 Å². The molecule has 5 nitrogen and oxygen atoms in total. The molecule has 110 valence electrons. The summed E-state index contributed by atoms with van der Waals surface area (Å²) in [6, 6.07) is 5.54. The number of hydrogen-bond acceptors (Lipinski definition) is 4. The standard InChI is InChI=1S/C15H22N2O3/c1-11(2)10-19-8-6-17-15(18)12-4-3-5-13-14(12)20-9-7-16-13/h3-5,11,16H,6-10H2,1-2H3,(H,17,18). The summed E-state index contributed by atoms with van der Waals surface area (Å²) in [6.45, 7) is 7.28. The smallest absolute Gasteiger partial charge is 0.255 e. The number of amides is 1. The first-order valence-corrected chi connectivity index (χ1v) is 7.04. The molecule has 0 spiro atoms. The molecule has 0 aromatic heterocycles. The van der Waals surface area contributed by atoms with Crippen LogP contribution in [0.5, 0.6) is 5.75 Å². The fraction of sp³-hybridized carbons (Fsp3) is 0.533. The molecule has 0 radical (unpaired) electrons. The summed E-state index contributed by atoms with van der Waals surface area (Å²) in [7, 11) is 0. The number of anilines is 1. The van der Waals surface area contributed by atoms with Gasteiger partial charge in [0.15, 0.2) is 5.75 Å². The predicted octanol–water partition coefficient (Wildman–Crippen LogP) is 1.89. The number of benzene rings is 1. The first-order chi connectivity index (χ1) is 9.68. The fourth-order valence-corrected chi connectivity index (χ4v) is 2.00. The van der Waals surface area contributed by atoms with E-state index in [1.165, 1.54) is 0 Å². The summed E-state index contributed by atoms with van der Waals surface area (Å²) < 4.78 is 11.0. The highest BCUT2D eigenvalue weighted by atomic mass is 16.5. The lowest BCUT2D eigenvalue weighted by atomic mass is 10.1. The number of fused-ring (bicyclic) bond motifs is 1. The minimum atomic E-state index is -0.126. The summed E-state index contributed by atoms with van der Waals surface area (Å²) in [6.07, 6.45) is 0. The third-order valence-corrected chi connectivity index (χ3v) is 2.91. The van der Waals surface area contributed by atoms with Gasteiger partial charge in [0.05, 0.1) is 17.9 Å². The SMILES string of the molecule is CC(C)COCCNC(=O)c1cccc2c1OCCN2. The van der Waals surface area contributed by atoms with Gasteiger partial charge in [0.2, 0.25) is 0 Å². The summed E-state index contributed by atoms with van der Waals surface area (Å²) in [5.74, 6) is 1.02. The molecule has 1 aromatic carbocycles. The highest BCUT2D eigenvalue weighted by Gasteiger charge is 2.18. The normalized spacial score (nSPS) is 13.3. The van der Waals surface area contributed by atoms with Crippen molar-refractivity contribution in [3.8, 4) is 5.75 Å². The van der Waals surface area contributed by atoms with Crippen molar-refractivity contribution in [1.29, 1.82) is 0 Å². The van der Waals surface area contributed by atoms with E-state index in [-0.39, 0.29) is 5.91 Å².